The van der Waals surface area contributed by atoms with Gasteiger partial charge in [0.25, 0.3) is 0 Å². The summed E-state index contributed by atoms with van der Waals surface area (Å²) in [5.41, 5.74) is 1.35. The maximum absolute atomic E-state index is 12.9. The summed E-state index contributed by atoms with van der Waals surface area (Å²) in [6, 6.07) is 9.46. The van der Waals surface area contributed by atoms with Crippen molar-refractivity contribution in [1.29, 1.82) is 5.26 Å². The van der Waals surface area contributed by atoms with Crippen molar-refractivity contribution in [2.45, 2.75) is 30.7 Å². The Morgan fingerprint density at radius 3 is 2.72 bits per heavy atom. The van der Waals surface area contributed by atoms with E-state index in [-0.39, 0.29) is 4.90 Å². The number of nitrogens with one attached hydrogen (secondary N) is 1. The molecule has 0 saturated carbocycles. The van der Waals surface area contributed by atoms with Crippen LogP contribution < -0.4 is 5.32 Å². The number of thiophene rings is 1. The zero-order chi connectivity index (χ0) is 18.0. The molecule has 0 bridgehead atoms. The number of nitrogens with zero attached hydrogens (tertiary/aromatic N) is 2. The number of benzene rings is 1. The van der Waals surface area contributed by atoms with Gasteiger partial charge in [-0.1, -0.05) is 17.7 Å². The molecule has 1 N–H and O–H groups in total. The van der Waals surface area contributed by atoms with E-state index in [2.05, 4.69) is 5.32 Å². The maximum Gasteiger partial charge on any atom is 0.243 e. The van der Waals surface area contributed by atoms with Gasteiger partial charge in [0.1, 0.15) is 17.1 Å². The van der Waals surface area contributed by atoms with Crippen molar-refractivity contribution in [3.05, 3.63) is 46.8 Å². The molecule has 2 aromatic rings. The van der Waals surface area contributed by atoms with Crippen molar-refractivity contribution < 1.29 is 13.2 Å². The minimum Gasteiger partial charge on any atom is -0.315 e. The van der Waals surface area contributed by atoms with Gasteiger partial charge in [-0.25, -0.2) is 8.42 Å². The van der Waals surface area contributed by atoms with Gasteiger partial charge in [0.05, 0.1) is 10.5 Å². The average molecular weight is 375 g/mol. The van der Waals surface area contributed by atoms with Crippen LogP contribution in [0.25, 0.3) is 0 Å². The van der Waals surface area contributed by atoms with Gasteiger partial charge in [-0.05, 0) is 43.3 Å². The van der Waals surface area contributed by atoms with Gasteiger partial charge in [0, 0.05) is 6.54 Å². The summed E-state index contributed by atoms with van der Waals surface area (Å²) in [5, 5.41) is 13.9. The summed E-state index contributed by atoms with van der Waals surface area (Å²) in [4.78, 5) is 12.8. The number of hydrogen-bond acceptors (Lipinski definition) is 5. The summed E-state index contributed by atoms with van der Waals surface area (Å²) < 4.78 is 27.0. The van der Waals surface area contributed by atoms with E-state index in [0.717, 1.165) is 5.56 Å². The number of rotatable bonds is 4. The Balaban J connectivity index is 1.83. The Morgan fingerprint density at radius 1 is 1.32 bits per heavy atom. The van der Waals surface area contributed by atoms with Gasteiger partial charge in [-0.2, -0.15) is 9.57 Å². The number of carbonyl (C=O) groups is 1. The molecule has 2 heterocycles. The molecule has 6 nitrogen and oxygen atoms in total. The summed E-state index contributed by atoms with van der Waals surface area (Å²) in [6.45, 7) is 2.19. The Labute approximate surface area is 150 Å². The summed E-state index contributed by atoms with van der Waals surface area (Å²) in [6.07, 6.45) is 1.09. The molecule has 1 fully saturated rings. The minimum absolute atomic E-state index is 0.187. The molecule has 1 aromatic carbocycles. The maximum atomic E-state index is 12.9. The summed E-state index contributed by atoms with van der Waals surface area (Å²) in [5.74, 6) is -0.396. The molecule has 1 saturated heterocycles. The van der Waals surface area contributed by atoms with E-state index in [1.165, 1.54) is 15.6 Å². The van der Waals surface area contributed by atoms with E-state index in [0.29, 0.717) is 30.0 Å². The number of carbonyl (C=O) groups excluding carboxylic acids is 1. The van der Waals surface area contributed by atoms with E-state index >= 15 is 0 Å². The normalized spacial score (nSPS) is 18.0. The van der Waals surface area contributed by atoms with Crippen LogP contribution in [0.2, 0.25) is 0 Å². The van der Waals surface area contributed by atoms with Crippen LogP contribution in [0.5, 0.6) is 0 Å². The third-order valence-electron chi connectivity index (χ3n) is 4.16. The van der Waals surface area contributed by atoms with Crippen molar-refractivity contribution in [2.75, 3.05) is 11.9 Å². The monoisotopic (exact) mass is 375 g/mol. The SMILES string of the molecule is Cc1ccc(S(=O)(=O)N2CCCC2C(=O)Nc2sccc2C#N)cc1. The molecule has 3 rings (SSSR count). The molecule has 0 aliphatic carbocycles. The van der Waals surface area contributed by atoms with Crippen molar-refractivity contribution in [3.63, 3.8) is 0 Å². The highest BCUT2D eigenvalue weighted by molar-refractivity contribution is 7.89. The third kappa shape index (κ3) is 3.44. The molecule has 1 unspecified atom stereocenters. The molecular formula is C17H17N3O3S2. The average Bonchev–Trinajstić information content (AvgIpc) is 3.24. The Kier molecular flexibility index (Phi) is 4.90. The Bertz CT molecular complexity index is 927. The molecule has 1 atom stereocenters. The summed E-state index contributed by atoms with van der Waals surface area (Å²) in [7, 11) is -3.73. The molecule has 1 aliphatic rings. The molecule has 1 amide bonds. The largest absolute Gasteiger partial charge is 0.315 e. The lowest BCUT2D eigenvalue weighted by molar-refractivity contribution is -0.119. The number of aryl methyl sites for hydroxylation is 1. The van der Waals surface area contributed by atoms with Crippen LogP contribution in [0.3, 0.4) is 0 Å². The zero-order valence-corrected chi connectivity index (χ0v) is 15.2. The Morgan fingerprint density at radius 2 is 2.04 bits per heavy atom. The van der Waals surface area contributed by atoms with Gasteiger partial charge in [0.15, 0.2) is 0 Å². The van der Waals surface area contributed by atoms with Crippen LogP contribution in [-0.4, -0.2) is 31.2 Å². The number of anilines is 1. The van der Waals surface area contributed by atoms with E-state index in [1.54, 1.807) is 35.7 Å². The van der Waals surface area contributed by atoms with Crippen LogP contribution in [0.4, 0.5) is 5.00 Å². The summed E-state index contributed by atoms with van der Waals surface area (Å²) >= 11 is 1.25. The first-order chi connectivity index (χ1) is 11.9. The smallest absolute Gasteiger partial charge is 0.243 e. The van der Waals surface area contributed by atoms with Crippen molar-refractivity contribution >= 4 is 32.3 Å². The second-order valence-corrected chi connectivity index (χ2v) is 8.66. The van der Waals surface area contributed by atoms with Crippen LogP contribution in [0, 0.1) is 18.3 Å². The molecule has 0 spiro atoms. The zero-order valence-electron chi connectivity index (χ0n) is 13.6. The topological polar surface area (TPSA) is 90.3 Å². The molecule has 0 radical (unpaired) electrons. The van der Waals surface area contributed by atoms with Crippen LogP contribution in [0.1, 0.15) is 24.0 Å². The number of sulfonamides is 1. The fourth-order valence-corrected chi connectivity index (χ4v) is 5.22. The first-order valence-corrected chi connectivity index (χ1v) is 10.1. The van der Waals surface area contributed by atoms with Crippen LogP contribution in [0.15, 0.2) is 40.6 Å². The van der Waals surface area contributed by atoms with Gasteiger partial charge >= 0.3 is 0 Å². The van der Waals surface area contributed by atoms with Gasteiger partial charge < -0.3 is 5.32 Å². The molecule has 130 valence electrons. The van der Waals surface area contributed by atoms with Gasteiger partial charge in [-0.3, -0.25) is 4.79 Å². The van der Waals surface area contributed by atoms with E-state index in [1.807, 2.05) is 13.0 Å². The Hall–Kier alpha value is -2.21. The first kappa shape index (κ1) is 17.6. The van der Waals surface area contributed by atoms with Crippen molar-refractivity contribution in [3.8, 4) is 6.07 Å². The second-order valence-electron chi connectivity index (χ2n) is 5.85. The molecule has 1 aromatic heterocycles. The quantitative estimate of drug-likeness (QED) is 0.890. The second kappa shape index (κ2) is 6.96. The number of amides is 1. The fraction of sp³-hybridized carbons (Fsp3) is 0.294. The predicted octanol–water partition coefficient (Wildman–Crippen LogP) is 2.72. The van der Waals surface area contributed by atoms with Crippen molar-refractivity contribution in [1.82, 2.24) is 4.31 Å². The standard InChI is InChI=1S/C17H17N3O3S2/c1-12-4-6-14(7-5-12)25(22,23)20-9-2-3-15(20)16(21)19-17-13(11-18)8-10-24-17/h4-8,10,15H,2-3,9H2,1H3,(H,19,21). The number of hydrogen-bond donors (Lipinski definition) is 1. The minimum atomic E-state index is -3.73. The van der Waals surface area contributed by atoms with E-state index in [9.17, 15) is 13.2 Å². The highest BCUT2D eigenvalue weighted by Crippen LogP contribution is 2.29. The van der Waals surface area contributed by atoms with Crippen molar-refractivity contribution in [2.24, 2.45) is 0 Å². The third-order valence-corrected chi connectivity index (χ3v) is 6.91. The van der Waals surface area contributed by atoms with Crippen LogP contribution >= 0.6 is 11.3 Å². The molecular weight excluding hydrogens is 358 g/mol. The van der Waals surface area contributed by atoms with Crippen LogP contribution in [-0.2, 0) is 14.8 Å². The fourth-order valence-electron chi connectivity index (χ4n) is 2.82. The lowest BCUT2D eigenvalue weighted by atomic mass is 10.2. The van der Waals surface area contributed by atoms with Gasteiger partial charge in [0.2, 0.25) is 15.9 Å². The lowest BCUT2D eigenvalue weighted by Gasteiger charge is -2.23. The molecule has 25 heavy (non-hydrogen) atoms. The number of nitriles is 1. The first-order valence-electron chi connectivity index (χ1n) is 7.80. The molecule has 1 aliphatic heterocycles. The predicted molar refractivity (Wildman–Crippen MR) is 95.8 cm³/mol. The molecule has 8 heteroatoms. The van der Waals surface area contributed by atoms with E-state index in [4.69, 9.17) is 5.26 Å². The van der Waals surface area contributed by atoms with Gasteiger partial charge in [-0.15, -0.1) is 11.3 Å². The van der Waals surface area contributed by atoms with E-state index < -0.39 is 22.0 Å². The highest BCUT2D eigenvalue weighted by atomic mass is 32.2. The lowest BCUT2D eigenvalue weighted by Crippen LogP contribution is -2.43. The highest BCUT2D eigenvalue weighted by Gasteiger charge is 2.39.